The predicted molar refractivity (Wildman–Crippen MR) is 94.4 cm³/mol. The number of hydrogen-bond donors (Lipinski definition) is 1. The zero-order valence-corrected chi connectivity index (χ0v) is 14.1. The van der Waals surface area contributed by atoms with Crippen LogP contribution in [0.4, 0.5) is 5.82 Å². The summed E-state index contributed by atoms with van der Waals surface area (Å²) in [5.74, 6) is 0.629. The van der Waals surface area contributed by atoms with Gasteiger partial charge in [-0.3, -0.25) is 4.79 Å². The molecule has 3 heterocycles. The van der Waals surface area contributed by atoms with Gasteiger partial charge in [0.25, 0.3) is 0 Å². The molecular formula is C18H20N4O3. The molecule has 1 amide bonds. The second-order valence-electron chi connectivity index (χ2n) is 6.44. The minimum atomic E-state index is -0.293. The van der Waals surface area contributed by atoms with Crippen LogP contribution in [0.5, 0.6) is 0 Å². The first kappa shape index (κ1) is 15.8. The number of carbonyl (C=O) groups is 1. The lowest BCUT2D eigenvalue weighted by Crippen LogP contribution is -2.44. The first-order valence-corrected chi connectivity index (χ1v) is 8.42. The molecule has 1 aromatic carbocycles. The van der Waals surface area contributed by atoms with Gasteiger partial charge in [-0.25, -0.2) is 9.97 Å². The third-order valence-corrected chi connectivity index (χ3v) is 4.69. The van der Waals surface area contributed by atoms with Crippen molar-refractivity contribution < 1.29 is 14.3 Å². The number of amides is 1. The number of benzene rings is 1. The Morgan fingerprint density at radius 2 is 2.08 bits per heavy atom. The van der Waals surface area contributed by atoms with Crippen molar-refractivity contribution in [1.82, 2.24) is 14.9 Å². The van der Waals surface area contributed by atoms with Crippen LogP contribution in [0.15, 0.2) is 35.0 Å². The van der Waals surface area contributed by atoms with E-state index in [0.29, 0.717) is 37.3 Å². The van der Waals surface area contributed by atoms with E-state index in [1.165, 1.54) is 6.33 Å². The van der Waals surface area contributed by atoms with E-state index >= 15 is 0 Å². The van der Waals surface area contributed by atoms with Crippen LogP contribution in [0.2, 0.25) is 0 Å². The number of nitrogens with zero attached hydrogens (tertiary/aromatic N) is 4. The van der Waals surface area contributed by atoms with Crippen LogP contribution in [-0.2, 0) is 4.79 Å². The molecule has 0 aliphatic carbocycles. The second-order valence-corrected chi connectivity index (χ2v) is 6.44. The van der Waals surface area contributed by atoms with Crippen LogP contribution in [-0.4, -0.2) is 58.7 Å². The van der Waals surface area contributed by atoms with E-state index in [-0.39, 0.29) is 18.6 Å². The van der Waals surface area contributed by atoms with E-state index in [9.17, 15) is 9.90 Å². The van der Waals surface area contributed by atoms with Gasteiger partial charge in [0.2, 0.25) is 5.91 Å². The fourth-order valence-corrected chi connectivity index (χ4v) is 3.28. The summed E-state index contributed by atoms with van der Waals surface area (Å²) >= 11 is 0. The Kier molecular flexibility index (Phi) is 4.01. The molecule has 130 valence electrons. The van der Waals surface area contributed by atoms with Gasteiger partial charge in [-0.15, -0.1) is 0 Å². The zero-order valence-electron chi connectivity index (χ0n) is 14.1. The number of aliphatic hydroxyl groups excluding tert-OH is 1. The van der Waals surface area contributed by atoms with Gasteiger partial charge in [-0.1, -0.05) is 12.1 Å². The lowest BCUT2D eigenvalue weighted by atomic mass is 10.1. The minimum absolute atomic E-state index is 0.0253. The lowest BCUT2D eigenvalue weighted by Gasteiger charge is -2.31. The van der Waals surface area contributed by atoms with Gasteiger partial charge in [0.1, 0.15) is 17.4 Å². The Labute approximate surface area is 144 Å². The number of piperidine rings is 1. The third kappa shape index (κ3) is 2.91. The zero-order chi connectivity index (χ0) is 17.4. The fourth-order valence-electron chi connectivity index (χ4n) is 3.28. The van der Waals surface area contributed by atoms with Gasteiger partial charge in [0.05, 0.1) is 12.6 Å². The molecule has 25 heavy (non-hydrogen) atoms. The Balaban J connectivity index is 1.59. The van der Waals surface area contributed by atoms with Gasteiger partial charge in [-0.05, 0) is 25.0 Å². The molecule has 0 radical (unpaired) electrons. The lowest BCUT2D eigenvalue weighted by molar-refractivity contribution is -0.131. The molecule has 4 rings (SSSR count). The number of rotatable bonds is 3. The Hall–Kier alpha value is -2.67. The summed E-state index contributed by atoms with van der Waals surface area (Å²) in [5, 5.41) is 10.5. The van der Waals surface area contributed by atoms with Crippen molar-refractivity contribution in [3.8, 4) is 0 Å². The van der Waals surface area contributed by atoms with E-state index < -0.39 is 0 Å². The van der Waals surface area contributed by atoms with Crippen molar-refractivity contribution >= 4 is 33.8 Å². The number of furan rings is 1. The highest BCUT2D eigenvalue weighted by Crippen LogP contribution is 2.31. The normalized spacial score (nSPS) is 15.8. The second kappa shape index (κ2) is 6.33. The van der Waals surface area contributed by atoms with Gasteiger partial charge in [-0.2, -0.15) is 0 Å². The molecule has 7 nitrogen and oxygen atoms in total. The maximum atomic E-state index is 12.5. The molecule has 0 unspecified atom stereocenters. The van der Waals surface area contributed by atoms with Crippen molar-refractivity contribution in [1.29, 1.82) is 0 Å². The maximum Gasteiger partial charge on any atom is 0.242 e. The van der Waals surface area contributed by atoms with Gasteiger partial charge in [0, 0.05) is 25.5 Å². The average molecular weight is 340 g/mol. The molecule has 1 saturated heterocycles. The van der Waals surface area contributed by atoms with Crippen molar-refractivity contribution in [2.75, 3.05) is 31.6 Å². The summed E-state index contributed by atoms with van der Waals surface area (Å²) in [6, 6.07) is 7.71. The highest BCUT2D eigenvalue weighted by atomic mass is 16.3. The highest BCUT2D eigenvalue weighted by molar-refractivity contribution is 6.05. The number of anilines is 1. The predicted octanol–water partition coefficient (Wildman–Crippen LogP) is 1.80. The van der Waals surface area contributed by atoms with E-state index in [0.717, 1.165) is 16.5 Å². The van der Waals surface area contributed by atoms with E-state index in [2.05, 4.69) is 9.97 Å². The molecule has 0 atom stereocenters. The molecule has 1 aliphatic heterocycles. The van der Waals surface area contributed by atoms with Gasteiger partial charge < -0.3 is 19.3 Å². The number of likely N-dealkylation sites (N-methyl/N-ethyl adjacent to an activating group) is 1. The SMILES string of the molecule is CN(CC(=O)N1CCC(O)CC1)c1ncnc2c1oc1ccccc12. The standard InChI is InChI=1S/C18H20N4O3/c1-21(10-15(24)22-8-6-12(23)7-9-22)18-17-16(19-11-20-18)13-4-2-3-5-14(13)25-17/h2-5,11-12,23H,6-10H2,1H3. The number of likely N-dealkylation sites (tertiary alicyclic amines) is 1. The Morgan fingerprint density at radius 3 is 2.88 bits per heavy atom. The van der Waals surface area contributed by atoms with E-state index in [4.69, 9.17) is 4.42 Å². The van der Waals surface area contributed by atoms with Crippen LogP contribution in [0.3, 0.4) is 0 Å². The topological polar surface area (TPSA) is 82.7 Å². The minimum Gasteiger partial charge on any atom is -0.450 e. The van der Waals surface area contributed by atoms with Gasteiger partial charge in [0.15, 0.2) is 11.4 Å². The van der Waals surface area contributed by atoms with Gasteiger partial charge >= 0.3 is 0 Å². The largest absolute Gasteiger partial charge is 0.450 e. The van der Waals surface area contributed by atoms with Crippen LogP contribution >= 0.6 is 0 Å². The Morgan fingerprint density at radius 1 is 1.32 bits per heavy atom. The van der Waals surface area contributed by atoms with Crippen LogP contribution < -0.4 is 4.90 Å². The molecular weight excluding hydrogens is 320 g/mol. The number of hydrogen-bond acceptors (Lipinski definition) is 6. The first-order chi connectivity index (χ1) is 12.1. The summed E-state index contributed by atoms with van der Waals surface area (Å²) < 4.78 is 5.92. The molecule has 0 saturated carbocycles. The summed E-state index contributed by atoms with van der Waals surface area (Å²) in [6.45, 7) is 1.40. The van der Waals surface area contributed by atoms with Crippen molar-refractivity contribution in [3.63, 3.8) is 0 Å². The smallest absolute Gasteiger partial charge is 0.242 e. The molecule has 1 aliphatic rings. The summed E-state index contributed by atoms with van der Waals surface area (Å²) in [5.41, 5.74) is 2.10. The monoisotopic (exact) mass is 340 g/mol. The summed E-state index contributed by atoms with van der Waals surface area (Å²) in [7, 11) is 1.83. The number of aromatic nitrogens is 2. The molecule has 0 bridgehead atoms. The number of aliphatic hydroxyl groups is 1. The van der Waals surface area contributed by atoms with E-state index in [1.54, 1.807) is 9.80 Å². The van der Waals surface area contributed by atoms with Crippen molar-refractivity contribution in [2.45, 2.75) is 18.9 Å². The average Bonchev–Trinajstić information content (AvgIpc) is 3.00. The summed E-state index contributed by atoms with van der Waals surface area (Å²) in [6.07, 6.45) is 2.48. The number of carbonyl (C=O) groups excluding carboxylic acids is 1. The molecule has 7 heteroatoms. The van der Waals surface area contributed by atoms with Crippen LogP contribution in [0, 0.1) is 0 Å². The number of para-hydroxylation sites is 1. The van der Waals surface area contributed by atoms with Crippen LogP contribution in [0.25, 0.3) is 22.1 Å². The molecule has 0 spiro atoms. The maximum absolute atomic E-state index is 12.5. The van der Waals surface area contributed by atoms with Crippen molar-refractivity contribution in [2.24, 2.45) is 0 Å². The van der Waals surface area contributed by atoms with E-state index in [1.807, 2.05) is 31.3 Å². The third-order valence-electron chi connectivity index (χ3n) is 4.69. The molecule has 3 aromatic rings. The van der Waals surface area contributed by atoms with Crippen LogP contribution in [0.1, 0.15) is 12.8 Å². The fraction of sp³-hybridized carbons (Fsp3) is 0.389. The van der Waals surface area contributed by atoms with Crippen molar-refractivity contribution in [3.05, 3.63) is 30.6 Å². The Bertz CT molecular complexity index is 915. The first-order valence-electron chi connectivity index (χ1n) is 8.42. The molecule has 1 fully saturated rings. The molecule has 2 aromatic heterocycles. The summed E-state index contributed by atoms with van der Waals surface area (Å²) in [4.78, 5) is 24.8. The quantitative estimate of drug-likeness (QED) is 0.783. The molecule has 1 N–H and O–H groups in total. The highest BCUT2D eigenvalue weighted by Gasteiger charge is 2.23. The number of fused-ring (bicyclic) bond motifs is 3.